The van der Waals surface area contributed by atoms with E-state index in [2.05, 4.69) is 0 Å². The molecule has 3 aromatic rings. The van der Waals surface area contributed by atoms with Gasteiger partial charge in [0, 0.05) is 22.6 Å². The van der Waals surface area contributed by atoms with E-state index in [0.717, 1.165) is 17.1 Å². The van der Waals surface area contributed by atoms with Crippen LogP contribution in [0, 0.1) is 13.8 Å². The van der Waals surface area contributed by atoms with E-state index in [0.29, 0.717) is 22.6 Å². The van der Waals surface area contributed by atoms with E-state index in [1.807, 2.05) is 48.7 Å². The third-order valence-electron chi connectivity index (χ3n) is 4.69. The number of carbonyl (C=O) groups is 2. The lowest BCUT2D eigenvalue weighted by Gasteiger charge is -2.09. The van der Waals surface area contributed by atoms with Gasteiger partial charge in [-0.05, 0) is 50.2 Å². The summed E-state index contributed by atoms with van der Waals surface area (Å²) in [6, 6.07) is 16.4. The number of hydrogen-bond donors (Lipinski definition) is 0. The normalized spacial score (nSPS) is 12.1. The van der Waals surface area contributed by atoms with Gasteiger partial charge < -0.3 is 18.8 Å². The third kappa shape index (κ3) is 3.24. The Balaban J connectivity index is 1.48. The minimum absolute atomic E-state index is 0.138. The fourth-order valence-electron chi connectivity index (χ4n) is 3.31. The van der Waals surface area contributed by atoms with Gasteiger partial charge in [-0.25, -0.2) is 4.79 Å². The van der Waals surface area contributed by atoms with Crippen LogP contribution < -0.4 is 9.47 Å². The molecular weight excluding hydrogens is 358 g/mol. The minimum Gasteiger partial charge on any atom is -0.454 e. The SMILES string of the molecule is Cc1cc(C(=O)OCC(=O)c2ccc3c(c2)OCO3)c(C)n1-c1ccccc1. The number of benzene rings is 2. The van der Waals surface area contributed by atoms with Crippen molar-refractivity contribution in [3.63, 3.8) is 0 Å². The number of para-hydroxylation sites is 1. The van der Waals surface area contributed by atoms with Crippen molar-refractivity contribution in [1.29, 1.82) is 0 Å². The number of nitrogens with zero attached hydrogens (tertiary/aromatic N) is 1. The van der Waals surface area contributed by atoms with Gasteiger partial charge in [-0.2, -0.15) is 0 Å². The summed E-state index contributed by atoms with van der Waals surface area (Å²) in [6.07, 6.45) is 0. The zero-order valence-electron chi connectivity index (χ0n) is 15.6. The zero-order valence-corrected chi connectivity index (χ0v) is 15.6. The highest BCUT2D eigenvalue weighted by atomic mass is 16.7. The molecule has 0 saturated carbocycles. The molecule has 0 fully saturated rings. The van der Waals surface area contributed by atoms with Gasteiger partial charge in [0.05, 0.1) is 5.56 Å². The second-order valence-electron chi connectivity index (χ2n) is 6.52. The van der Waals surface area contributed by atoms with E-state index in [4.69, 9.17) is 14.2 Å². The Morgan fingerprint density at radius 3 is 2.54 bits per heavy atom. The number of hydrogen-bond acceptors (Lipinski definition) is 5. The smallest absolute Gasteiger partial charge is 0.340 e. The molecule has 6 heteroatoms. The van der Waals surface area contributed by atoms with Crippen molar-refractivity contribution in [2.24, 2.45) is 0 Å². The van der Waals surface area contributed by atoms with Gasteiger partial charge in [0.2, 0.25) is 6.79 Å². The van der Waals surface area contributed by atoms with E-state index in [1.54, 1.807) is 24.3 Å². The monoisotopic (exact) mass is 377 g/mol. The predicted octanol–water partition coefficient (Wildman–Crippen LogP) is 3.86. The molecule has 0 N–H and O–H groups in total. The number of ketones is 1. The Bertz CT molecular complexity index is 1050. The summed E-state index contributed by atoms with van der Waals surface area (Å²) >= 11 is 0. The lowest BCUT2D eigenvalue weighted by atomic mass is 10.1. The van der Waals surface area contributed by atoms with Crippen molar-refractivity contribution in [3.8, 4) is 17.2 Å². The van der Waals surface area contributed by atoms with Crippen LogP contribution in [0.5, 0.6) is 11.5 Å². The number of esters is 1. The molecular formula is C22H19NO5. The standard InChI is InChI=1S/C22H19NO5/c1-14-10-18(15(2)23(14)17-6-4-3-5-7-17)22(25)26-12-19(24)16-8-9-20-21(11-16)28-13-27-20/h3-11H,12-13H2,1-2H3. The second-order valence-corrected chi connectivity index (χ2v) is 6.52. The Hall–Kier alpha value is -3.54. The average Bonchev–Trinajstić information content (AvgIpc) is 3.29. The van der Waals surface area contributed by atoms with Gasteiger partial charge >= 0.3 is 5.97 Å². The van der Waals surface area contributed by atoms with Crippen molar-refractivity contribution in [2.45, 2.75) is 13.8 Å². The van der Waals surface area contributed by atoms with Gasteiger partial charge in [-0.15, -0.1) is 0 Å². The maximum atomic E-state index is 12.6. The fourth-order valence-corrected chi connectivity index (χ4v) is 3.31. The van der Waals surface area contributed by atoms with Gasteiger partial charge in [0.1, 0.15) is 0 Å². The Morgan fingerprint density at radius 1 is 1.00 bits per heavy atom. The van der Waals surface area contributed by atoms with Crippen molar-refractivity contribution in [2.75, 3.05) is 13.4 Å². The molecule has 0 spiro atoms. The molecule has 0 atom stereocenters. The quantitative estimate of drug-likeness (QED) is 0.499. The molecule has 0 saturated heterocycles. The van der Waals surface area contributed by atoms with Crippen LogP contribution in [0.25, 0.3) is 5.69 Å². The number of fused-ring (bicyclic) bond motifs is 1. The molecule has 28 heavy (non-hydrogen) atoms. The highest BCUT2D eigenvalue weighted by Crippen LogP contribution is 2.32. The van der Waals surface area contributed by atoms with E-state index in [1.165, 1.54) is 0 Å². The summed E-state index contributed by atoms with van der Waals surface area (Å²) in [6.45, 7) is 3.58. The van der Waals surface area contributed by atoms with E-state index in [9.17, 15) is 9.59 Å². The lowest BCUT2D eigenvalue weighted by molar-refractivity contribution is 0.0474. The number of carbonyl (C=O) groups excluding carboxylic acids is 2. The highest BCUT2D eigenvalue weighted by Gasteiger charge is 2.20. The molecule has 0 bridgehead atoms. The first-order chi connectivity index (χ1) is 13.5. The highest BCUT2D eigenvalue weighted by molar-refractivity contribution is 6.00. The van der Waals surface area contributed by atoms with Crippen LogP contribution in [-0.2, 0) is 4.74 Å². The predicted molar refractivity (Wildman–Crippen MR) is 102 cm³/mol. The molecule has 4 rings (SSSR count). The van der Waals surface area contributed by atoms with Crippen LogP contribution in [0.1, 0.15) is 32.1 Å². The van der Waals surface area contributed by atoms with Crippen LogP contribution in [0.4, 0.5) is 0 Å². The molecule has 1 aliphatic heterocycles. The molecule has 1 aliphatic rings. The van der Waals surface area contributed by atoms with Crippen LogP contribution in [0.2, 0.25) is 0 Å². The average molecular weight is 377 g/mol. The van der Waals surface area contributed by atoms with Crippen molar-refractivity contribution >= 4 is 11.8 Å². The Kier molecular flexibility index (Phi) is 4.61. The molecule has 0 amide bonds. The number of ether oxygens (including phenoxy) is 3. The lowest BCUT2D eigenvalue weighted by Crippen LogP contribution is -2.15. The summed E-state index contributed by atoms with van der Waals surface area (Å²) in [5.41, 5.74) is 3.50. The summed E-state index contributed by atoms with van der Waals surface area (Å²) in [5.74, 6) is 0.290. The zero-order chi connectivity index (χ0) is 19.7. The molecule has 142 valence electrons. The molecule has 6 nitrogen and oxygen atoms in total. The molecule has 0 aliphatic carbocycles. The summed E-state index contributed by atoms with van der Waals surface area (Å²) in [7, 11) is 0. The number of aryl methyl sites for hydroxylation is 1. The first kappa shape index (κ1) is 17.9. The van der Waals surface area contributed by atoms with E-state index in [-0.39, 0.29) is 19.2 Å². The summed E-state index contributed by atoms with van der Waals surface area (Å²) in [5, 5.41) is 0. The van der Waals surface area contributed by atoms with Crippen molar-refractivity contribution in [1.82, 2.24) is 4.57 Å². The first-order valence-electron chi connectivity index (χ1n) is 8.89. The fraction of sp³-hybridized carbons (Fsp3) is 0.182. The van der Waals surface area contributed by atoms with Crippen LogP contribution >= 0.6 is 0 Å². The van der Waals surface area contributed by atoms with Crippen LogP contribution in [0.3, 0.4) is 0 Å². The van der Waals surface area contributed by atoms with Crippen LogP contribution in [-0.4, -0.2) is 29.7 Å². The molecule has 1 aromatic heterocycles. The third-order valence-corrected chi connectivity index (χ3v) is 4.69. The molecule has 0 unspecified atom stereocenters. The minimum atomic E-state index is -0.524. The van der Waals surface area contributed by atoms with Gasteiger partial charge in [0.15, 0.2) is 23.9 Å². The first-order valence-corrected chi connectivity index (χ1v) is 8.89. The van der Waals surface area contributed by atoms with Crippen molar-refractivity contribution in [3.05, 3.63) is 77.1 Å². The summed E-state index contributed by atoms with van der Waals surface area (Å²) < 4.78 is 17.8. The molecule has 0 radical (unpaired) electrons. The number of rotatable bonds is 5. The Labute approximate surface area is 162 Å². The second kappa shape index (κ2) is 7.23. The van der Waals surface area contributed by atoms with Gasteiger partial charge in [-0.3, -0.25) is 4.79 Å². The number of aromatic nitrogens is 1. The summed E-state index contributed by atoms with van der Waals surface area (Å²) in [4.78, 5) is 24.9. The molecule has 2 aromatic carbocycles. The number of Topliss-reactive ketones (excluding diaryl/α,β-unsaturated/α-hetero) is 1. The molecule has 2 heterocycles. The maximum absolute atomic E-state index is 12.6. The topological polar surface area (TPSA) is 66.8 Å². The van der Waals surface area contributed by atoms with E-state index >= 15 is 0 Å². The largest absolute Gasteiger partial charge is 0.454 e. The Morgan fingerprint density at radius 2 is 1.75 bits per heavy atom. The van der Waals surface area contributed by atoms with Gasteiger partial charge in [0.25, 0.3) is 0 Å². The van der Waals surface area contributed by atoms with Crippen molar-refractivity contribution < 1.29 is 23.8 Å². The van der Waals surface area contributed by atoms with Gasteiger partial charge in [-0.1, -0.05) is 18.2 Å². The maximum Gasteiger partial charge on any atom is 0.340 e. The van der Waals surface area contributed by atoms with Crippen LogP contribution in [0.15, 0.2) is 54.6 Å². The van der Waals surface area contributed by atoms with E-state index < -0.39 is 5.97 Å².